The van der Waals surface area contributed by atoms with Gasteiger partial charge in [0, 0.05) is 5.92 Å². The molecule has 14 heavy (non-hydrogen) atoms. The van der Waals surface area contributed by atoms with Crippen LogP contribution < -0.4 is 0 Å². The van der Waals surface area contributed by atoms with Gasteiger partial charge in [-0.2, -0.15) is 0 Å². The molecule has 1 aliphatic carbocycles. The van der Waals surface area contributed by atoms with Crippen molar-refractivity contribution >= 4 is 11.9 Å². The van der Waals surface area contributed by atoms with E-state index in [0.29, 0.717) is 0 Å². The van der Waals surface area contributed by atoms with E-state index >= 15 is 0 Å². The van der Waals surface area contributed by atoms with Crippen molar-refractivity contribution in [3.05, 3.63) is 0 Å². The minimum absolute atomic E-state index is 0.219. The lowest BCUT2D eigenvalue weighted by Crippen LogP contribution is -2.38. The minimum Gasteiger partial charge on any atom is -0.424 e. The monoisotopic (exact) mass is 198 g/mol. The van der Waals surface area contributed by atoms with Crippen LogP contribution in [0.4, 0.5) is 0 Å². The fourth-order valence-corrected chi connectivity index (χ4v) is 2.08. The SMILES string of the molecule is O=C1CC(=O)OC(C2CCCCC2)O1. The van der Waals surface area contributed by atoms with Crippen molar-refractivity contribution in [3.8, 4) is 0 Å². The molecule has 0 spiro atoms. The summed E-state index contributed by atoms with van der Waals surface area (Å²) in [6, 6.07) is 0. The van der Waals surface area contributed by atoms with E-state index in [0.717, 1.165) is 25.7 Å². The third kappa shape index (κ3) is 2.05. The highest BCUT2D eigenvalue weighted by Gasteiger charge is 2.34. The van der Waals surface area contributed by atoms with Crippen LogP contribution in [0.1, 0.15) is 38.5 Å². The summed E-state index contributed by atoms with van der Waals surface area (Å²) in [5.74, 6) is -0.675. The van der Waals surface area contributed by atoms with Crippen molar-refractivity contribution in [2.45, 2.75) is 44.8 Å². The Balaban J connectivity index is 1.95. The van der Waals surface area contributed by atoms with Crippen LogP contribution in [0.5, 0.6) is 0 Å². The van der Waals surface area contributed by atoms with Gasteiger partial charge in [0.05, 0.1) is 0 Å². The van der Waals surface area contributed by atoms with E-state index < -0.39 is 18.2 Å². The van der Waals surface area contributed by atoms with Crippen molar-refractivity contribution in [3.63, 3.8) is 0 Å². The number of cyclic esters (lactones) is 2. The predicted octanol–water partition coefficient (Wildman–Crippen LogP) is 1.38. The van der Waals surface area contributed by atoms with Gasteiger partial charge in [-0.15, -0.1) is 0 Å². The highest BCUT2D eigenvalue weighted by Crippen LogP contribution is 2.30. The first-order valence-corrected chi connectivity index (χ1v) is 5.14. The fraction of sp³-hybridized carbons (Fsp3) is 0.800. The van der Waals surface area contributed by atoms with Gasteiger partial charge in [-0.25, -0.2) is 0 Å². The van der Waals surface area contributed by atoms with Crippen LogP contribution in [-0.2, 0) is 19.1 Å². The summed E-state index contributed by atoms with van der Waals surface area (Å²) < 4.78 is 10.0. The van der Waals surface area contributed by atoms with Crippen LogP contribution in [0.3, 0.4) is 0 Å². The second kappa shape index (κ2) is 3.98. The lowest BCUT2D eigenvalue weighted by Gasteiger charge is -2.31. The van der Waals surface area contributed by atoms with Crippen LogP contribution in [0.2, 0.25) is 0 Å². The van der Waals surface area contributed by atoms with Gasteiger partial charge in [-0.05, 0) is 12.8 Å². The van der Waals surface area contributed by atoms with Gasteiger partial charge in [-0.3, -0.25) is 9.59 Å². The van der Waals surface area contributed by atoms with Crippen molar-refractivity contribution < 1.29 is 19.1 Å². The fourth-order valence-electron chi connectivity index (χ4n) is 2.08. The Hall–Kier alpha value is -1.06. The maximum Gasteiger partial charge on any atom is 0.320 e. The van der Waals surface area contributed by atoms with E-state index in [1.807, 2.05) is 0 Å². The van der Waals surface area contributed by atoms with E-state index in [2.05, 4.69) is 0 Å². The molecule has 0 atom stereocenters. The average Bonchev–Trinajstić information content (AvgIpc) is 2.18. The first-order chi connectivity index (χ1) is 6.75. The third-order valence-electron chi connectivity index (χ3n) is 2.82. The second-order valence-corrected chi connectivity index (χ2v) is 3.92. The highest BCUT2D eigenvalue weighted by molar-refractivity contribution is 5.92. The molecule has 1 saturated carbocycles. The third-order valence-corrected chi connectivity index (χ3v) is 2.82. The molecule has 0 amide bonds. The van der Waals surface area contributed by atoms with Gasteiger partial charge < -0.3 is 9.47 Å². The topological polar surface area (TPSA) is 52.6 Å². The summed E-state index contributed by atoms with van der Waals surface area (Å²) in [5.41, 5.74) is 0. The summed E-state index contributed by atoms with van der Waals surface area (Å²) in [5, 5.41) is 0. The van der Waals surface area contributed by atoms with Crippen LogP contribution in [0.15, 0.2) is 0 Å². The molecule has 1 heterocycles. The van der Waals surface area contributed by atoms with Crippen LogP contribution in [-0.4, -0.2) is 18.2 Å². The first kappa shape index (κ1) is 9.49. The molecule has 4 nitrogen and oxygen atoms in total. The largest absolute Gasteiger partial charge is 0.424 e. The normalized spacial score (nSPS) is 25.7. The van der Waals surface area contributed by atoms with Gasteiger partial charge in [-0.1, -0.05) is 19.3 Å². The molecule has 0 aromatic carbocycles. The smallest absolute Gasteiger partial charge is 0.320 e. The maximum atomic E-state index is 11.0. The minimum atomic E-state index is -0.607. The van der Waals surface area contributed by atoms with Crippen molar-refractivity contribution in [1.82, 2.24) is 0 Å². The summed E-state index contributed by atoms with van der Waals surface area (Å²) in [4.78, 5) is 22.0. The molecule has 0 unspecified atom stereocenters. The molecule has 0 bridgehead atoms. The Labute approximate surface area is 82.6 Å². The zero-order chi connectivity index (χ0) is 9.97. The molecule has 1 saturated heterocycles. The summed E-state index contributed by atoms with van der Waals surface area (Å²) in [7, 11) is 0. The molecule has 1 aliphatic heterocycles. The van der Waals surface area contributed by atoms with E-state index in [4.69, 9.17) is 9.47 Å². The Bertz CT molecular complexity index is 227. The molecule has 0 radical (unpaired) electrons. The number of carbonyl (C=O) groups excluding carboxylic acids is 2. The average molecular weight is 198 g/mol. The summed E-state index contributed by atoms with van der Waals surface area (Å²) in [6.07, 6.45) is 4.64. The molecule has 4 heteroatoms. The van der Waals surface area contributed by atoms with Gasteiger partial charge in [0.25, 0.3) is 0 Å². The molecule has 0 aromatic rings. The van der Waals surface area contributed by atoms with E-state index in [1.165, 1.54) is 6.42 Å². The number of hydrogen-bond acceptors (Lipinski definition) is 4. The maximum absolute atomic E-state index is 11.0. The molecule has 2 rings (SSSR count). The quantitative estimate of drug-likeness (QED) is 0.472. The molecule has 2 aliphatic rings. The van der Waals surface area contributed by atoms with Gasteiger partial charge in [0.1, 0.15) is 6.42 Å². The van der Waals surface area contributed by atoms with Crippen molar-refractivity contribution in [2.75, 3.05) is 0 Å². The van der Waals surface area contributed by atoms with Crippen molar-refractivity contribution in [2.24, 2.45) is 5.92 Å². The molecule has 0 N–H and O–H groups in total. The molecular weight excluding hydrogens is 184 g/mol. The molecule has 0 aromatic heterocycles. The molecule has 2 fully saturated rings. The van der Waals surface area contributed by atoms with Crippen molar-refractivity contribution in [1.29, 1.82) is 0 Å². The highest BCUT2D eigenvalue weighted by atomic mass is 16.7. The van der Waals surface area contributed by atoms with E-state index in [1.54, 1.807) is 0 Å². The lowest BCUT2D eigenvalue weighted by atomic mass is 9.88. The van der Waals surface area contributed by atoms with Gasteiger partial charge in [0.2, 0.25) is 6.29 Å². The summed E-state index contributed by atoms with van der Waals surface area (Å²) >= 11 is 0. The van der Waals surface area contributed by atoms with Gasteiger partial charge in [0.15, 0.2) is 0 Å². The lowest BCUT2D eigenvalue weighted by molar-refractivity contribution is -0.214. The standard InChI is InChI=1S/C10H14O4/c11-8-6-9(12)14-10(13-8)7-4-2-1-3-5-7/h7,10H,1-6H2. The Morgan fingerprint density at radius 1 is 0.929 bits per heavy atom. The Morgan fingerprint density at radius 3 is 2.07 bits per heavy atom. The van der Waals surface area contributed by atoms with E-state index in [9.17, 15) is 9.59 Å². The van der Waals surface area contributed by atoms with Crippen LogP contribution in [0.25, 0.3) is 0 Å². The predicted molar refractivity (Wildman–Crippen MR) is 47.2 cm³/mol. The number of hydrogen-bond donors (Lipinski definition) is 0. The summed E-state index contributed by atoms with van der Waals surface area (Å²) in [6.45, 7) is 0. The second-order valence-electron chi connectivity index (χ2n) is 3.92. The molecule has 78 valence electrons. The number of ether oxygens (including phenoxy) is 2. The van der Waals surface area contributed by atoms with Gasteiger partial charge >= 0.3 is 11.9 Å². The Kier molecular flexibility index (Phi) is 2.70. The molecular formula is C10H14O4. The van der Waals surface area contributed by atoms with Crippen LogP contribution >= 0.6 is 0 Å². The zero-order valence-electron chi connectivity index (χ0n) is 8.03. The number of rotatable bonds is 1. The Morgan fingerprint density at radius 2 is 1.50 bits per heavy atom. The van der Waals surface area contributed by atoms with Crippen LogP contribution in [0, 0.1) is 5.92 Å². The number of carbonyl (C=O) groups is 2. The first-order valence-electron chi connectivity index (χ1n) is 5.14. The van der Waals surface area contributed by atoms with E-state index in [-0.39, 0.29) is 12.3 Å². The zero-order valence-corrected chi connectivity index (χ0v) is 8.03. The number of esters is 2.